The Labute approximate surface area is 140 Å². The Hall–Kier alpha value is -2.66. The van der Waals surface area contributed by atoms with Gasteiger partial charge in [-0.3, -0.25) is 4.79 Å². The predicted molar refractivity (Wildman–Crippen MR) is 88.1 cm³/mol. The smallest absolute Gasteiger partial charge is 0.417 e. The largest absolute Gasteiger partial charge is 0.439 e. The number of nitrogens with zero attached hydrogens (tertiary/aromatic N) is 1. The van der Waals surface area contributed by atoms with E-state index in [1.165, 1.54) is 0 Å². The zero-order valence-corrected chi connectivity index (χ0v) is 13.4. The SMILES string of the molecule is CC1[C@H](c2ccccc2)OC(=O)N1C(=O)COCc1ccccc1. The fourth-order valence-electron chi connectivity index (χ4n) is 2.78. The van der Waals surface area contributed by atoms with Gasteiger partial charge in [-0.25, -0.2) is 9.69 Å². The van der Waals surface area contributed by atoms with Gasteiger partial charge in [0.05, 0.1) is 12.6 Å². The molecule has 2 aromatic rings. The van der Waals surface area contributed by atoms with Crippen molar-refractivity contribution < 1.29 is 19.1 Å². The van der Waals surface area contributed by atoms with E-state index in [2.05, 4.69) is 0 Å². The molecule has 1 fully saturated rings. The lowest BCUT2D eigenvalue weighted by Gasteiger charge is -2.19. The molecule has 0 aromatic heterocycles. The molecule has 5 nitrogen and oxygen atoms in total. The molecule has 3 rings (SSSR count). The summed E-state index contributed by atoms with van der Waals surface area (Å²) in [5.74, 6) is -0.387. The van der Waals surface area contributed by atoms with E-state index >= 15 is 0 Å². The number of benzene rings is 2. The van der Waals surface area contributed by atoms with Crippen molar-refractivity contribution in [3.63, 3.8) is 0 Å². The van der Waals surface area contributed by atoms with E-state index in [0.717, 1.165) is 16.0 Å². The quantitative estimate of drug-likeness (QED) is 0.846. The van der Waals surface area contributed by atoms with Crippen molar-refractivity contribution >= 4 is 12.0 Å². The van der Waals surface area contributed by atoms with Gasteiger partial charge in [0.1, 0.15) is 12.7 Å². The summed E-state index contributed by atoms with van der Waals surface area (Å²) in [4.78, 5) is 25.5. The highest BCUT2D eigenvalue weighted by atomic mass is 16.6. The van der Waals surface area contributed by atoms with E-state index in [1.807, 2.05) is 60.7 Å². The summed E-state index contributed by atoms with van der Waals surface area (Å²) in [6.07, 6.45) is -1.07. The van der Waals surface area contributed by atoms with Crippen molar-refractivity contribution in [2.24, 2.45) is 0 Å². The molecule has 2 aromatic carbocycles. The van der Waals surface area contributed by atoms with Crippen LogP contribution in [0.1, 0.15) is 24.2 Å². The molecule has 1 aliphatic rings. The Morgan fingerprint density at radius 2 is 1.71 bits per heavy atom. The minimum absolute atomic E-state index is 0.157. The third-order valence-electron chi connectivity index (χ3n) is 4.00. The Bertz CT molecular complexity index is 702. The Kier molecular flexibility index (Phi) is 4.91. The van der Waals surface area contributed by atoms with Crippen LogP contribution in [0.2, 0.25) is 0 Å². The third kappa shape index (κ3) is 3.46. The minimum atomic E-state index is -0.621. The predicted octanol–water partition coefficient (Wildman–Crippen LogP) is 3.31. The van der Waals surface area contributed by atoms with Gasteiger partial charge >= 0.3 is 6.09 Å². The van der Waals surface area contributed by atoms with Crippen molar-refractivity contribution in [3.8, 4) is 0 Å². The van der Waals surface area contributed by atoms with E-state index in [1.54, 1.807) is 6.92 Å². The average molecular weight is 325 g/mol. The standard InChI is InChI=1S/C19H19NO4/c1-14-18(16-10-6-3-7-11-16)24-19(22)20(14)17(21)13-23-12-15-8-4-2-5-9-15/h2-11,14,18H,12-13H2,1H3/t14?,18-/m1/s1. The minimum Gasteiger partial charge on any atom is -0.439 e. The molecule has 1 unspecified atom stereocenters. The molecule has 1 aliphatic heterocycles. The van der Waals surface area contributed by atoms with Crippen LogP contribution in [0.4, 0.5) is 4.79 Å². The van der Waals surface area contributed by atoms with E-state index < -0.39 is 12.2 Å². The zero-order chi connectivity index (χ0) is 16.9. The molecular weight excluding hydrogens is 306 g/mol. The van der Waals surface area contributed by atoms with Gasteiger partial charge in [0.25, 0.3) is 5.91 Å². The first-order chi connectivity index (χ1) is 11.7. The first-order valence-corrected chi connectivity index (χ1v) is 7.86. The number of cyclic esters (lactones) is 1. The summed E-state index contributed by atoms with van der Waals surface area (Å²) in [6, 6.07) is 18.6. The third-order valence-corrected chi connectivity index (χ3v) is 4.00. The number of hydrogen-bond donors (Lipinski definition) is 0. The molecule has 24 heavy (non-hydrogen) atoms. The first-order valence-electron chi connectivity index (χ1n) is 7.86. The molecule has 1 heterocycles. The van der Waals surface area contributed by atoms with Crippen LogP contribution in [0, 0.1) is 0 Å². The number of rotatable bonds is 5. The summed E-state index contributed by atoms with van der Waals surface area (Å²) in [5.41, 5.74) is 1.85. The molecular formula is C19H19NO4. The summed E-state index contributed by atoms with van der Waals surface area (Å²) >= 11 is 0. The van der Waals surface area contributed by atoms with Crippen molar-refractivity contribution in [2.45, 2.75) is 25.7 Å². The van der Waals surface area contributed by atoms with E-state index in [4.69, 9.17) is 9.47 Å². The highest BCUT2D eigenvalue weighted by Gasteiger charge is 2.43. The maximum absolute atomic E-state index is 12.3. The van der Waals surface area contributed by atoms with Gasteiger partial charge in [-0.2, -0.15) is 0 Å². The lowest BCUT2D eigenvalue weighted by molar-refractivity contribution is -0.134. The molecule has 0 N–H and O–H groups in total. The Morgan fingerprint density at radius 3 is 2.38 bits per heavy atom. The van der Waals surface area contributed by atoms with Gasteiger partial charge in [-0.1, -0.05) is 60.7 Å². The van der Waals surface area contributed by atoms with Gasteiger partial charge < -0.3 is 9.47 Å². The van der Waals surface area contributed by atoms with Crippen molar-refractivity contribution in [2.75, 3.05) is 6.61 Å². The molecule has 0 aliphatic carbocycles. The topological polar surface area (TPSA) is 55.8 Å². The number of carbonyl (C=O) groups excluding carboxylic acids is 2. The van der Waals surface area contributed by atoms with E-state index in [9.17, 15) is 9.59 Å². The van der Waals surface area contributed by atoms with Crippen molar-refractivity contribution in [3.05, 3.63) is 71.8 Å². The summed E-state index contributed by atoms with van der Waals surface area (Å²) in [5, 5.41) is 0. The molecule has 124 valence electrons. The molecule has 1 saturated heterocycles. The van der Waals surface area contributed by atoms with Gasteiger partial charge in [0.15, 0.2) is 0 Å². The second kappa shape index (κ2) is 7.27. The van der Waals surface area contributed by atoms with Crippen LogP contribution in [0.3, 0.4) is 0 Å². The molecule has 0 saturated carbocycles. The van der Waals surface area contributed by atoms with Gasteiger partial charge in [0, 0.05) is 0 Å². The number of amides is 2. The fraction of sp³-hybridized carbons (Fsp3) is 0.263. The summed E-state index contributed by atoms with van der Waals surface area (Å²) in [6.45, 7) is 1.97. The molecule has 2 amide bonds. The van der Waals surface area contributed by atoms with Gasteiger partial charge in [0.2, 0.25) is 0 Å². The van der Waals surface area contributed by atoms with Crippen LogP contribution in [0.15, 0.2) is 60.7 Å². The maximum atomic E-state index is 12.3. The lowest BCUT2D eigenvalue weighted by Crippen LogP contribution is -2.40. The van der Waals surface area contributed by atoms with Crippen LogP contribution >= 0.6 is 0 Å². The van der Waals surface area contributed by atoms with Crippen LogP contribution in [0.5, 0.6) is 0 Å². The monoisotopic (exact) mass is 325 g/mol. The number of hydrogen-bond acceptors (Lipinski definition) is 4. The van der Waals surface area contributed by atoms with Crippen molar-refractivity contribution in [1.29, 1.82) is 0 Å². The molecule has 2 atom stereocenters. The second-order valence-electron chi connectivity index (χ2n) is 5.70. The second-order valence-corrected chi connectivity index (χ2v) is 5.70. The normalized spacial score (nSPS) is 20.0. The maximum Gasteiger partial charge on any atom is 0.417 e. The van der Waals surface area contributed by atoms with Crippen molar-refractivity contribution in [1.82, 2.24) is 4.90 Å². The molecule has 0 bridgehead atoms. The molecule has 0 radical (unpaired) electrons. The Morgan fingerprint density at radius 1 is 1.08 bits per heavy atom. The van der Waals surface area contributed by atoms with Gasteiger partial charge in [-0.15, -0.1) is 0 Å². The lowest BCUT2D eigenvalue weighted by atomic mass is 10.0. The highest BCUT2D eigenvalue weighted by Crippen LogP contribution is 2.32. The number of carbonyl (C=O) groups is 2. The number of ether oxygens (including phenoxy) is 2. The van der Waals surface area contributed by atoms with Crippen LogP contribution in [-0.2, 0) is 20.9 Å². The highest BCUT2D eigenvalue weighted by molar-refractivity contribution is 5.94. The summed E-state index contributed by atoms with van der Waals surface area (Å²) < 4.78 is 10.8. The van der Waals surface area contributed by atoms with Crippen LogP contribution < -0.4 is 0 Å². The number of imide groups is 1. The van der Waals surface area contributed by atoms with Gasteiger partial charge in [-0.05, 0) is 18.1 Å². The molecule has 0 spiro atoms. The van der Waals surface area contributed by atoms with E-state index in [0.29, 0.717) is 6.61 Å². The first kappa shape index (κ1) is 16.2. The van der Waals surface area contributed by atoms with Crippen LogP contribution in [0.25, 0.3) is 0 Å². The Balaban J connectivity index is 1.59. The zero-order valence-electron chi connectivity index (χ0n) is 13.4. The van der Waals surface area contributed by atoms with Crippen LogP contribution in [-0.4, -0.2) is 29.5 Å². The van der Waals surface area contributed by atoms with E-state index in [-0.39, 0.29) is 18.6 Å². The summed E-state index contributed by atoms with van der Waals surface area (Å²) in [7, 11) is 0. The molecule has 5 heteroatoms. The average Bonchev–Trinajstić information content (AvgIpc) is 2.91. The fourth-order valence-corrected chi connectivity index (χ4v) is 2.78.